The molecule has 0 spiro atoms. The predicted molar refractivity (Wildman–Crippen MR) is 144 cm³/mol. The number of fused-ring (bicyclic) bond motifs is 3. The zero-order valence-electron chi connectivity index (χ0n) is 17.8. The number of hydrogen-bond donors (Lipinski definition) is 0. The van der Waals surface area contributed by atoms with Crippen LogP contribution >= 0.6 is 22.9 Å². The molecule has 0 atom stereocenters. The number of thiophene rings is 1. The van der Waals surface area contributed by atoms with Crippen LogP contribution in [0.1, 0.15) is 0 Å². The second-order valence-electron chi connectivity index (χ2n) is 8.00. The van der Waals surface area contributed by atoms with Crippen molar-refractivity contribution in [1.29, 1.82) is 0 Å². The summed E-state index contributed by atoms with van der Waals surface area (Å²) in [6.07, 6.45) is 0. The number of benzene rings is 5. The first kappa shape index (κ1) is 20.0. The zero-order valence-corrected chi connectivity index (χ0v) is 19.4. The van der Waals surface area contributed by atoms with E-state index in [2.05, 4.69) is 114 Å². The van der Waals surface area contributed by atoms with Gasteiger partial charge in [0.1, 0.15) is 0 Å². The quantitative estimate of drug-likeness (QED) is 0.252. The van der Waals surface area contributed by atoms with Crippen LogP contribution in [0.15, 0.2) is 121 Å². The van der Waals surface area contributed by atoms with Gasteiger partial charge in [-0.15, -0.1) is 11.3 Å². The first-order chi connectivity index (χ1) is 16.3. The van der Waals surface area contributed by atoms with Gasteiger partial charge in [0, 0.05) is 42.3 Å². The number of halogens is 1. The fourth-order valence-corrected chi connectivity index (χ4v) is 5.54. The third-order valence-electron chi connectivity index (χ3n) is 5.94. The van der Waals surface area contributed by atoms with Crippen LogP contribution in [0.4, 0.5) is 17.1 Å². The van der Waals surface area contributed by atoms with E-state index < -0.39 is 0 Å². The van der Waals surface area contributed by atoms with Gasteiger partial charge < -0.3 is 4.90 Å². The molecule has 0 aliphatic heterocycles. The molecule has 0 saturated carbocycles. The summed E-state index contributed by atoms with van der Waals surface area (Å²) in [6.45, 7) is 0. The lowest BCUT2D eigenvalue weighted by Gasteiger charge is -2.25. The first-order valence-electron chi connectivity index (χ1n) is 10.9. The van der Waals surface area contributed by atoms with Crippen LogP contribution in [0, 0.1) is 0 Å². The molecule has 1 aromatic heterocycles. The molecule has 0 aliphatic carbocycles. The van der Waals surface area contributed by atoms with E-state index in [-0.39, 0.29) is 0 Å². The fourth-order valence-electron chi connectivity index (χ4n) is 4.32. The largest absolute Gasteiger partial charge is 0.310 e. The normalized spacial score (nSPS) is 11.2. The minimum Gasteiger partial charge on any atom is -0.310 e. The number of rotatable bonds is 4. The van der Waals surface area contributed by atoms with Gasteiger partial charge in [0.15, 0.2) is 0 Å². The Morgan fingerprint density at radius 2 is 1.06 bits per heavy atom. The lowest BCUT2D eigenvalue weighted by molar-refractivity contribution is 1.29. The second-order valence-corrected chi connectivity index (χ2v) is 9.52. The minimum absolute atomic E-state index is 0.752. The molecule has 0 radical (unpaired) electrons. The van der Waals surface area contributed by atoms with Crippen LogP contribution < -0.4 is 4.90 Å². The molecule has 1 heterocycles. The fraction of sp³-hybridized carbons (Fsp3) is 0. The van der Waals surface area contributed by atoms with E-state index in [9.17, 15) is 0 Å². The van der Waals surface area contributed by atoms with Gasteiger partial charge in [-0.3, -0.25) is 0 Å². The van der Waals surface area contributed by atoms with Crippen molar-refractivity contribution in [2.24, 2.45) is 0 Å². The molecule has 0 N–H and O–H groups in total. The molecule has 0 bridgehead atoms. The van der Waals surface area contributed by atoms with E-state index in [1.54, 1.807) is 0 Å². The van der Waals surface area contributed by atoms with E-state index >= 15 is 0 Å². The van der Waals surface area contributed by atoms with Gasteiger partial charge in [-0.05, 0) is 71.8 Å². The van der Waals surface area contributed by atoms with Gasteiger partial charge in [0.25, 0.3) is 0 Å². The highest BCUT2D eigenvalue weighted by Gasteiger charge is 2.14. The molecule has 158 valence electrons. The Morgan fingerprint density at radius 1 is 0.485 bits per heavy atom. The Kier molecular flexibility index (Phi) is 5.10. The van der Waals surface area contributed by atoms with Crippen molar-refractivity contribution < 1.29 is 0 Å². The van der Waals surface area contributed by atoms with E-state index in [0.29, 0.717) is 0 Å². The van der Waals surface area contributed by atoms with Crippen LogP contribution in [0.3, 0.4) is 0 Å². The maximum atomic E-state index is 6.07. The number of nitrogens with zero attached hydrogens (tertiary/aromatic N) is 1. The molecule has 0 amide bonds. The molecule has 0 fully saturated rings. The summed E-state index contributed by atoms with van der Waals surface area (Å²) >= 11 is 7.91. The number of para-hydroxylation sites is 1. The zero-order chi connectivity index (χ0) is 22.2. The molecule has 1 nitrogen and oxygen atoms in total. The molecular weight excluding hydrogens is 442 g/mol. The van der Waals surface area contributed by atoms with E-state index in [4.69, 9.17) is 11.6 Å². The van der Waals surface area contributed by atoms with Crippen molar-refractivity contribution in [3.8, 4) is 11.1 Å². The summed E-state index contributed by atoms with van der Waals surface area (Å²) < 4.78 is 2.63. The van der Waals surface area contributed by atoms with Gasteiger partial charge in [0.05, 0.1) is 0 Å². The molecule has 6 rings (SSSR count). The van der Waals surface area contributed by atoms with E-state index in [1.165, 1.54) is 25.7 Å². The Labute approximate surface area is 202 Å². The third kappa shape index (κ3) is 3.78. The van der Waals surface area contributed by atoms with Gasteiger partial charge in [-0.2, -0.15) is 0 Å². The molecule has 0 aliphatic rings. The van der Waals surface area contributed by atoms with Crippen LogP contribution in [0.25, 0.3) is 31.3 Å². The SMILES string of the molecule is Clc1ccc(-c2ccc(N(c3ccccc3)c3ccc4sc5ccccc5c4c3)cc2)cc1. The van der Waals surface area contributed by atoms with Crippen LogP contribution in [-0.4, -0.2) is 0 Å². The van der Waals surface area contributed by atoms with Crippen molar-refractivity contribution in [2.45, 2.75) is 0 Å². The van der Waals surface area contributed by atoms with Gasteiger partial charge in [0.2, 0.25) is 0 Å². The number of anilines is 3. The van der Waals surface area contributed by atoms with Crippen molar-refractivity contribution in [3.63, 3.8) is 0 Å². The second kappa shape index (κ2) is 8.40. The maximum absolute atomic E-state index is 6.07. The smallest absolute Gasteiger partial charge is 0.0468 e. The summed E-state index contributed by atoms with van der Waals surface area (Å²) in [5.74, 6) is 0. The minimum atomic E-state index is 0.752. The average Bonchev–Trinajstić information content (AvgIpc) is 3.24. The topological polar surface area (TPSA) is 3.24 Å². The van der Waals surface area contributed by atoms with Gasteiger partial charge in [-0.25, -0.2) is 0 Å². The highest BCUT2D eigenvalue weighted by Crippen LogP contribution is 2.40. The highest BCUT2D eigenvalue weighted by molar-refractivity contribution is 7.25. The lowest BCUT2D eigenvalue weighted by atomic mass is 10.0. The summed E-state index contributed by atoms with van der Waals surface area (Å²) in [5.41, 5.74) is 5.73. The summed E-state index contributed by atoms with van der Waals surface area (Å²) in [5, 5.41) is 3.36. The lowest BCUT2D eigenvalue weighted by Crippen LogP contribution is -2.09. The molecule has 6 aromatic rings. The van der Waals surface area contributed by atoms with Crippen LogP contribution in [-0.2, 0) is 0 Å². The Balaban J connectivity index is 1.47. The standard InChI is InChI=1S/C30H20ClNS/c31-23-14-10-21(11-15-23)22-12-16-25(17-13-22)32(24-6-2-1-3-7-24)26-18-19-30-28(20-26)27-8-4-5-9-29(27)33-30/h1-20H. The van der Waals surface area contributed by atoms with Crippen LogP contribution in [0.2, 0.25) is 5.02 Å². The monoisotopic (exact) mass is 461 g/mol. The van der Waals surface area contributed by atoms with Crippen molar-refractivity contribution in [2.75, 3.05) is 4.90 Å². The maximum Gasteiger partial charge on any atom is 0.0468 e. The molecule has 0 saturated heterocycles. The highest BCUT2D eigenvalue weighted by atomic mass is 35.5. The van der Waals surface area contributed by atoms with Crippen LogP contribution in [0.5, 0.6) is 0 Å². The third-order valence-corrected chi connectivity index (χ3v) is 7.34. The van der Waals surface area contributed by atoms with E-state index in [1.807, 2.05) is 23.5 Å². The Hall–Kier alpha value is -3.59. The summed E-state index contributed by atoms with van der Waals surface area (Å²) in [4.78, 5) is 2.32. The Morgan fingerprint density at radius 3 is 1.82 bits per heavy atom. The summed E-state index contributed by atoms with van der Waals surface area (Å²) in [6, 6.07) is 42.7. The summed E-state index contributed by atoms with van der Waals surface area (Å²) in [7, 11) is 0. The molecule has 5 aromatic carbocycles. The van der Waals surface area contributed by atoms with Crippen molar-refractivity contribution in [1.82, 2.24) is 0 Å². The molecule has 3 heteroatoms. The van der Waals surface area contributed by atoms with Crippen molar-refractivity contribution in [3.05, 3.63) is 126 Å². The Bertz CT molecular complexity index is 1550. The molecule has 33 heavy (non-hydrogen) atoms. The number of hydrogen-bond acceptors (Lipinski definition) is 2. The van der Waals surface area contributed by atoms with Gasteiger partial charge >= 0.3 is 0 Å². The first-order valence-corrected chi connectivity index (χ1v) is 12.1. The van der Waals surface area contributed by atoms with Gasteiger partial charge in [-0.1, -0.05) is 72.3 Å². The average molecular weight is 462 g/mol. The van der Waals surface area contributed by atoms with E-state index in [0.717, 1.165) is 27.6 Å². The molecular formula is C30H20ClNS. The molecule has 0 unspecified atom stereocenters. The predicted octanol–water partition coefficient (Wildman–Crippen LogP) is 9.84. The van der Waals surface area contributed by atoms with Crippen molar-refractivity contribution >= 4 is 60.2 Å².